The molecule has 0 amide bonds. The zero-order valence-electron chi connectivity index (χ0n) is 14.2. The normalized spacial score (nSPS) is 14.4. The summed E-state index contributed by atoms with van der Waals surface area (Å²) in [5.74, 6) is 0.594. The summed E-state index contributed by atoms with van der Waals surface area (Å²) in [6, 6.07) is 6.59. The van der Waals surface area contributed by atoms with Crippen molar-refractivity contribution in [3.05, 3.63) is 74.1 Å². The molecule has 3 aromatic rings. The van der Waals surface area contributed by atoms with Gasteiger partial charge in [0.2, 0.25) is 0 Å². The molecule has 4 rings (SSSR count). The first kappa shape index (κ1) is 17.0. The molecule has 0 fully saturated rings. The number of hydrogen-bond acceptors (Lipinski definition) is 4. The van der Waals surface area contributed by atoms with Crippen LogP contribution in [0.15, 0.2) is 39.7 Å². The number of aryl methyl sites for hydroxylation is 1. The first-order valence-corrected chi connectivity index (χ1v) is 8.72. The number of furan rings is 1. The summed E-state index contributed by atoms with van der Waals surface area (Å²) in [4.78, 5) is 21.7. The molecule has 1 N–H and O–H groups in total. The highest BCUT2D eigenvalue weighted by Crippen LogP contribution is 2.27. The maximum atomic E-state index is 14.2. The van der Waals surface area contributed by atoms with Crippen molar-refractivity contribution in [2.45, 2.75) is 26.4 Å². The van der Waals surface area contributed by atoms with Crippen molar-refractivity contribution in [3.8, 4) is 11.6 Å². The lowest BCUT2D eigenvalue weighted by Gasteiger charge is -2.28. The van der Waals surface area contributed by atoms with Crippen LogP contribution in [0.4, 0.5) is 4.39 Å². The van der Waals surface area contributed by atoms with Crippen molar-refractivity contribution in [2.75, 3.05) is 6.54 Å². The monoisotopic (exact) mass is 373 g/mol. The lowest BCUT2D eigenvalue weighted by Crippen LogP contribution is -2.35. The van der Waals surface area contributed by atoms with E-state index >= 15 is 0 Å². The van der Waals surface area contributed by atoms with Crippen LogP contribution in [0.25, 0.3) is 11.6 Å². The molecule has 0 bridgehead atoms. The highest BCUT2D eigenvalue weighted by Gasteiger charge is 2.23. The number of H-pyrrole nitrogens is 1. The van der Waals surface area contributed by atoms with Crippen LogP contribution in [-0.2, 0) is 19.5 Å². The molecule has 7 heteroatoms. The molecule has 26 heavy (non-hydrogen) atoms. The van der Waals surface area contributed by atoms with E-state index in [-0.39, 0.29) is 11.4 Å². The second-order valence-electron chi connectivity index (χ2n) is 6.43. The van der Waals surface area contributed by atoms with Gasteiger partial charge in [0.05, 0.1) is 17.0 Å². The Bertz CT molecular complexity index is 1010. The summed E-state index contributed by atoms with van der Waals surface area (Å²) in [5.41, 5.74) is 2.53. The molecule has 1 aliphatic rings. The second-order valence-corrected chi connectivity index (χ2v) is 6.81. The fourth-order valence-electron chi connectivity index (χ4n) is 3.24. The predicted molar refractivity (Wildman–Crippen MR) is 96.5 cm³/mol. The molecule has 0 saturated heterocycles. The van der Waals surface area contributed by atoms with E-state index < -0.39 is 0 Å². The third-order valence-electron chi connectivity index (χ3n) is 4.67. The minimum atomic E-state index is -0.318. The molecule has 1 aromatic carbocycles. The van der Waals surface area contributed by atoms with E-state index in [1.54, 1.807) is 18.2 Å². The number of aromatic amines is 1. The molecule has 3 heterocycles. The van der Waals surface area contributed by atoms with E-state index in [9.17, 15) is 9.18 Å². The lowest BCUT2D eigenvalue weighted by atomic mass is 10.0. The van der Waals surface area contributed by atoms with Crippen molar-refractivity contribution in [3.63, 3.8) is 0 Å². The van der Waals surface area contributed by atoms with Crippen molar-refractivity contribution in [1.82, 2.24) is 14.9 Å². The first-order chi connectivity index (χ1) is 12.5. The lowest BCUT2D eigenvalue weighted by molar-refractivity contribution is 0.237. The van der Waals surface area contributed by atoms with Gasteiger partial charge in [-0.2, -0.15) is 0 Å². The molecular weight excluding hydrogens is 357 g/mol. The first-order valence-electron chi connectivity index (χ1n) is 8.34. The van der Waals surface area contributed by atoms with Gasteiger partial charge >= 0.3 is 0 Å². The summed E-state index contributed by atoms with van der Waals surface area (Å²) >= 11 is 6.29. The van der Waals surface area contributed by atoms with Gasteiger partial charge in [0, 0.05) is 30.8 Å². The minimum Gasteiger partial charge on any atom is -0.461 e. The Kier molecular flexibility index (Phi) is 4.38. The molecule has 5 nitrogen and oxygen atoms in total. The van der Waals surface area contributed by atoms with Crippen molar-refractivity contribution in [1.29, 1.82) is 0 Å². The van der Waals surface area contributed by atoms with Crippen molar-refractivity contribution < 1.29 is 8.81 Å². The SMILES string of the molecule is Cc1ccc(F)c(CN2CCc3c(nc(-c4ccco4)[nH]c3=O)C2)c1Cl. The third kappa shape index (κ3) is 3.06. The Morgan fingerprint density at radius 1 is 1.38 bits per heavy atom. The number of nitrogens with zero attached hydrogens (tertiary/aromatic N) is 2. The standard InChI is InChI=1S/C19H17ClFN3O2/c1-11-4-5-14(21)13(17(11)20)9-24-7-6-12-15(10-24)22-18(23-19(12)25)16-3-2-8-26-16/h2-5,8H,6-7,9-10H2,1H3,(H,22,23,25). The predicted octanol–water partition coefficient (Wildman–Crippen LogP) is 3.69. The van der Waals surface area contributed by atoms with E-state index in [2.05, 4.69) is 9.97 Å². The zero-order valence-corrected chi connectivity index (χ0v) is 14.9. The van der Waals surface area contributed by atoms with Gasteiger partial charge in [-0.05, 0) is 37.1 Å². The number of halogens is 2. The number of fused-ring (bicyclic) bond motifs is 1. The molecule has 0 saturated carbocycles. The summed E-state index contributed by atoms with van der Waals surface area (Å²) in [6.45, 7) is 3.32. The fourth-order valence-corrected chi connectivity index (χ4v) is 3.46. The molecule has 0 radical (unpaired) electrons. The van der Waals surface area contributed by atoms with Crippen LogP contribution in [0, 0.1) is 12.7 Å². The van der Waals surface area contributed by atoms with Crippen LogP contribution in [0.3, 0.4) is 0 Å². The quantitative estimate of drug-likeness (QED) is 0.760. The molecule has 0 spiro atoms. The summed E-state index contributed by atoms with van der Waals surface area (Å²) in [7, 11) is 0. The zero-order chi connectivity index (χ0) is 18.3. The van der Waals surface area contributed by atoms with Gasteiger partial charge in [-0.1, -0.05) is 17.7 Å². The topological polar surface area (TPSA) is 62.1 Å². The maximum absolute atomic E-state index is 14.2. The van der Waals surface area contributed by atoms with Gasteiger partial charge in [0.15, 0.2) is 11.6 Å². The summed E-state index contributed by atoms with van der Waals surface area (Å²) in [6.07, 6.45) is 2.09. The maximum Gasteiger partial charge on any atom is 0.254 e. The molecule has 0 unspecified atom stereocenters. The molecule has 0 aliphatic carbocycles. The van der Waals surface area contributed by atoms with Gasteiger partial charge in [0.25, 0.3) is 5.56 Å². The third-order valence-corrected chi connectivity index (χ3v) is 5.19. The summed E-state index contributed by atoms with van der Waals surface area (Å²) < 4.78 is 19.5. The smallest absolute Gasteiger partial charge is 0.254 e. The average Bonchev–Trinajstić information content (AvgIpc) is 3.16. The largest absolute Gasteiger partial charge is 0.461 e. The van der Waals surface area contributed by atoms with E-state index in [4.69, 9.17) is 16.0 Å². The minimum absolute atomic E-state index is 0.152. The van der Waals surface area contributed by atoms with Gasteiger partial charge in [0.1, 0.15) is 5.82 Å². The van der Waals surface area contributed by atoms with E-state index in [0.717, 1.165) is 5.56 Å². The van der Waals surface area contributed by atoms with Crippen LogP contribution >= 0.6 is 11.6 Å². The average molecular weight is 374 g/mol. The molecule has 134 valence electrons. The second kappa shape index (κ2) is 6.70. The van der Waals surface area contributed by atoms with Crippen LogP contribution in [-0.4, -0.2) is 21.4 Å². The summed E-state index contributed by atoms with van der Waals surface area (Å²) in [5, 5.41) is 0.450. The molecule has 1 aliphatic heterocycles. The number of hydrogen-bond donors (Lipinski definition) is 1. The number of rotatable bonds is 3. The van der Waals surface area contributed by atoms with Crippen molar-refractivity contribution >= 4 is 11.6 Å². The Hall–Kier alpha value is -2.44. The Labute approximate surface area is 154 Å². The Morgan fingerprint density at radius 3 is 3.00 bits per heavy atom. The van der Waals surface area contributed by atoms with Crippen molar-refractivity contribution in [2.24, 2.45) is 0 Å². The van der Waals surface area contributed by atoms with Gasteiger partial charge < -0.3 is 9.40 Å². The molecular formula is C19H17ClFN3O2. The fraction of sp³-hybridized carbons (Fsp3) is 0.263. The van der Waals surface area contributed by atoms with Crippen LogP contribution in [0.5, 0.6) is 0 Å². The van der Waals surface area contributed by atoms with Gasteiger partial charge in [-0.15, -0.1) is 0 Å². The van der Waals surface area contributed by atoms with E-state index in [1.165, 1.54) is 12.3 Å². The van der Waals surface area contributed by atoms with Crippen LogP contribution < -0.4 is 5.56 Å². The van der Waals surface area contributed by atoms with Crippen LogP contribution in [0.1, 0.15) is 22.4 Å². The van der Waals surface area contributed by atoms with Gasteiger partial charge in [-0.3, -0.25) is 9.69 Å². The van der Waals surface area contributed by atoms with Crippen LogP contribution in [0.2, 0.25) is 5.02 Å². The number of benzene rings is 1. The van der Waals surface area contributed by atoms with E-state index in [0.29, 0.717) is 59.5 Å². The Balaban J connectivity index is 1.64. The molecule has 2 aromatic heterocycles. The Morgan fingerprint density at radius 2 is 2.23 bits per heavy atom. The number of nitrogens with one attached hydrogen (secondary N) is 1. The highest BCUT2D eigenvalue weighted by atomic mass is 35.5. The van der Waals surface area contributed by atoms with Gasteiger partial charge in [-0.25, -0.2) is 9.37 Å². The molecule has 0 atom stereocenters. The number of aromatic nitrogens is 2. The highest BCUT2D eigenvalue weighted by molar-refractivity contribution is 6.32. The van der Waals surface area contributed by atoms with E-state index in [1.807, 2.05) is 11.8 Å².